The maximum atomic E-state index is 11.7. The van der Waals surface area contributed by atoms with Crippen LogP contribution in [0.4, 0.5) is 0 Å². The SMILES string of the molecule is C[C@@]1(NC(=O)CNC(=O)c2ccc(Br)o2)CCOC1. The molecule has 6 nitrogen and oxygen atoms in total. The number of halogens is 1. The second-order valence-corrected chi connectivity index (χ2v) is 5.48. The molecule has 1 aliphatic heterocycles. The summed E-state index contributed by atoms with van der Waals surface area (Å²) in [6.45, 7) is 2.97. The number of hydrogen-bond donors (Lipinski definition) is 2. The minimum absolute atomic E-state index is 0.0905. The molecule has 0 bridgehead atoms. The molecule has 7 heteroatoms. The zero-order chi connectivity index (χ0) is 13.9. The number of carbonyl (C=O) groups is 2. The summed E-state index contributed by atoms with van der Waals surface area (Å²) in [7, 11) is 0. The number of ether oxygens (including phenoxy) is 1. The van der Waals surface area contributed by atoms with E-state index >= 15 is 0 Å². The Balaban J connectivity index is 1.79. The third-order valence-corrected chi connectivity index (χ3v) is 3.29. The molecule has 1 fully saturated rings. The van der Waals surface area contributed by atoms with E-state index in [1.807, 2.05) is 6.92 Å². The average Bonchev–Trinajstić information content (AvgIpc) is 2.95. The molecule has 1 saturated heterocycles. The summed E-state index contributed by atoms with van der Waals surface area (Å²) in [6.07, 6.45) is 0.776. The lowest BCUT2D eigenvalue weighted by Crippen LogP contribution is -2.49. The van der Waals surface area contributed by atoms with Gasteiger partial charge in [-0.05, 0) is 41.4 Å². The average molecular weight is 331 g/mol. The molecule has 0 unspecified atom stereocenters. The first-order chi connectivity index (χ1) is 8.98. The van der Waals surface area contributed by atoms with E-state index in [-0.39, 0.29) is 23.8 Å². The Morgan fingerprint density at radius 3 is 2.84 bits per heavy atom. The van der Waals surface area contributed by atoms with Gasteiger partial charge >= 0.3 is 0 Å². The highest BCUT2D eigenvalue weighted by Crippen LogP contribution is 2.17. The standard InChI is InChI=1S/C12H15BrN2O4/c1-12(4-5-18-7-12)15-10(16)6-14-11(17)8-2-3-9(13)19-8/h2-3H,4-7H2,1H3,(H,14,17)(H,15,16)/t12-/m1/s1. The molecule has 104 valence electrons. The van der Waals surface area contributed by atoms with Crippen molar-refractivity contribution in [1.82, 2.24) is 10.6 Å². The smallest absolute Gasteiger partial charge is 0.287 e. The third kappa shape index (κ3) is 3.81. The molecule has 1 aromatic rings. The van der Waals surface area contributed by atoms with Crippen LogP contribution in [0, 0.1) is 0 Å². The third-order valence-electron chi connectivity index (χ3n) is 2.87. The van der Waals surface area contributed by atoms with E-state index in [2.05, 4.69) is 26.6 Å². The van der Waals surface area contributed by atoms with Crippen molar-refractivity contribution in [3.05, 3.63) is 22.6 Å². The van der Waals surface area contributed by atoms with Crippen LogP contribution in [0.1, 0.15) is 23.9 Å². The summed E-state index contributed by atoms with van der Waals surface area (Å²) in [6, 6.07) is 3.15. The molecule has 2 N–H and O–H groups in total. The van der Waals surface area contributed by atoms with Crippen LogP contribution in [0.25, 0.3) is 0 Å². The number of rotatable bonds is 4. The first-order valence-corrected chi connectivity index (χ1v) is 6.70. The monoisotopic (exact) mass is 330 g/mol. The van der Waals surface area contributed by atoms with E-state index < -0.39 is 5.91 Å². The van der Waals surface area contributed by atoms with Crippen LogP contribution >= 0.6 is 15.9 Å². The van der Waals surface area contributed by atoms with Gasteiger partial charge in [-0.2, -0.15) is 0 Å². The van der Waals surface area contributed by atoms with Crippen molar-refractivity contribution >= 4 is 27.7 Å². The quantitative estimate of drug-likeness (QED) is 0.865. The molecule has 1 aliphatic rings. The minimum atomic E-state index is -0.423. The van der Waals surface area contributed by atoms with E-state index in [9.17, 15) is 9.59 Å². The summed E-state index contributed by atoms with van der Waals surface area (Å²) < 4.78 is 10.8. The van der Waals surface area contributed by atoms with Crippen molar-refractivity contribution in [3.63, 3.8) is 0 Å². The van der Waals surface area contributed by atoms with E-state index in [0.29, 0.717) is 17.9 Å². The van der Waals surface area contributed by atoms with E-state index in [4.69, 9.17) is 9.15 Å². The number of furan rings is 1. The summed E-state index contributed by atoms with van der Waals surface area (Å²) in [5.41, 5.74) is -0.338. The summed E-state index contributed by atoms with van der Waals surface area (Å²) in [4.78, 5) is 23.4. The Labute approximate surface area is 119 Å². The van der Waals surface area contributed by atoms with Gasteiger partial charge in [-0.1, -0.05) is 0 Å². The van der Waals surface area contributed by atoms with Crippen LogP contribution in [0.2, 0.25) is 0 Å². The first kappa shape index (κ1) is 14.1. The highest BCUT2D eigenvalue weighted by Gasteiger charge is 2.31. The molecule has 19 heavy (non-hydrogen) atoms. The van der Waals surface area contributed by atoms with Crippen LogP contribution in [0.3, 0.4) is 0 Å². The Hall–Kier alpha value is -1.34. The van der Waals surface area contributed by atoms with E-state index in [1.54, 1.807) is 6.07 Å². The summed E-state index contributed by atoms with van der Waals surface area (Å²) >= 11 is 3.11. The molecule has 1 aromatic heterocycles. The highest BCUT2D eigenvalue weighted by atomic mass is 79.9. The van der Waals surface area contributed by atoms with Crippen molar-refractivity contribution in [2.24, 2.45) is 0 Å². The maximum Gasteiger partial charge on any atom is 0.287 e. The zero-order valence-corrected chi connectivity index (χ0v) is 12.1. The van der Waals surface area contributed by atoms with Gasteiger partial charge in [-0.25, -0.2) is 0 Å². The van der Waals surface area contributed by atoms with Crippen LogP contribution < -0.4 is 10.6 Å². The second-order valence-electron chi connectivity index (χ2n) is 4.70. The number of amides is 2. The normalized spacial score (nSPS) is 22.2. The lowest BCUT2D eigenvalue weighted by Gasteiger charge is -2.23. The fraction of sp³-hybridized carbons (Fsp3) is 0.500. The maximum absolute atomic E-state index is 11.7. The minimum Gasteiger partial charge on any atom is -0.444 e. The van der Waals surface area contributed by atoms with Gasteiger partial charge in [0.25, 0.3) is 5.91 Å². The molecular formula is C12H15BrN2O4. The molecule has 0 aliphatic carbocycles. The van der Waals surface area contributed by atoms with Crippen LogP contribution in [-0.4, -0.2) is 37.1 Å². The molecule has 0 saturated carbocycles. The molecule has 2 rings (SSSR count). The zero-order valence-electron chi connectivity index (χ0n) is 10.5. The molecular weight excluding hydrogens is 316 g/mol. The Morgan fingerprint density at radius 1 is 1.47 bits per heavy atom. The summed E-state index contributed by atoms with van der Waals surface area (Å²) in [5.74, 6) is -0.504. The topological polar surface area (TPSA) is 80.6 Å². The van der Waals surface area contributed by atoms with Crippen LogP contribution in [0.15, 0.2) is 21.2 Å². The Kier molecular flexibility index (Phi) is 4.26. The van der Waals surface area contributed by atoms with E-state index in [0.717, 1.165) is 6.42 Å². The number of carbonyl (C=O) groups excluding carboxylic acids is 2. The van der Waals surface area contributed by atoms with Gasteiger partial charge in [0.2, 0.25) is 5.91 Å². The fourth-order valence-corrected chi connectivity index (χ4v) is 2.14. The predicted octanol–water partition coefficient (Wildman–Crippen LogP) is 1.07. The number of nitrogens with one attached hydrogen (secondary N) is 2. The van der Waals surface area contributed by atoms with E-state index in [1.165, 1.54) is 6.07 Å². The van der Waals surface area contributed by atoms with Gasteiger partial charge in [0.05, 0.1) is 18.7 Å². The van der Waals surface area contributed by atoms with Crippen molar-refractivity contribution in [1.29, 1.82) is 0 Å². The Morgan fingerprint density at radius 2 is 2.26 bits per heavy atom. The largest absolute Gasteiger partial charge is 0.444 e. The van der Waals surface area contributed by atoms with Gasteiger partial charge in [0.15, 0.2) is 10.4 Å². The van der Waals surface area contributed by atoms with Crippen molar-refractivity contribution < 1.29 is 18.7 Å². The highest BCUT2D eigenvalue weighted by molar-refractivity contribution is 9.10. The van der Waals surface area contributed by atoms with Gasteiger partial charge in [0, 0.05) is 6.61 Å². The van der Waals surface area contributed by atoms with Crippen molar-refractivity contribution in [2.45, 2.75) is 18.9 Å². The predicted molar refractivity (Wildman–Crippen MR) is 70.7 cm³/mol. The first-order valence-electron chi connectivity index (χ1n) is 5.91. The number of hydrogen-bond acceptors (Lipinski definition) is 4. The van der Waals surface area contributed by atoms with Crippen LogP contribution in [0.5, 0.6) is 0 Å². The molecule has 2 heterocycles. The molecule has 0 radical (unpaired) electrons. The van der Waals surface area contributed by atoms with Crippen LogP contribution in [-0.2, 0) is 9.53 Å². The van der Waals surface area contributed by atoms with Gasteiger partial charge < -0.3 is 19.8 Å². The fourth-order valence-electron chi connectivity index (χ4n) is 1.83. The van der Waals surface area contributed by atoms with Gasteiger partial charge in [-0.15, -0.1) is 0 Å². The molecule has 2 amide bonds. The Bertz CT molecular complexity index is 480. The molecule has 0 aromatic carbocycles. The summed E-state index contributed by atoms with van der Waals surface area (Å²) in [5, 5.41) is 5.35. The van der Waals surface area contributed by atoms with Gasteiger partial charge in [-0.3, -0.25) is 9.59 Å². The van der Waals surface area contributed by atoms with Crippen molar-refractivity contribution in [3.8, 4) is 0 Å². The lowest BCUT2D eigenvalue weighted by molar-refractivity contribution is -0.121. The van der Waals surface area contributed by atoms with Gasteiger partial charge in [0.1, 0.15) is 0 Å². The second kappa shape index (κ2) is 5.75. The molecule has 1 atom stereocenters. The molecule has 0 spiro atoms. The van der Waals surface area contributed by atoms with Crippen molar-refractivity contribution in [2.75, 3.05) is 19.8 Å². The lowest BCUT2D eigenvalue weighted by atomic mass is 10.0.